The fourth-order valence-corrected chi connectivity index (χ4v) is 2.22. The minimum atomic E-state index is -1.22. The van der Waals surface area contributed by atoms with Crippen LogP contribution in [-0.4, -0.2) is 26.9 Å². The number of carbonyl (C=O) groups is 1. The molecular formula is C15H22O4. The number of phenolic OH excluding ortho intramolecular Hbond substituents is 1. The van der Waals surface area contributed by atoms with Gasteiger partial charge in [-0.1, -0.05) is 25.5 Å². The highest BCUT2D eigenvalue weighted by molar-refractivity contribution is 5.71. The monoisotopic (exact) mass is 266 g/mol. The zero-order valence-electron chi connectivity index (χ0n) is 11.5. The van der Waals surface area contributed by atoms with Gasteiger partial charge in [-0.25, -0.2) is 0 Å². The Kier molecular flexibility index (Phi) is 5.36. The number of carboxylic acids is 1. The van der Waals surface area contributed by atoms with Gasteiger partial charge in [0.1, 0.15) is 5.75 Å². The third kappa shape index (κ3) is 4.56. The van der Waals surface area contributed by atoms with E-state index in [9.17, 15) is 20.1 Å². The summed E-state index contributed by atoms with van der Waals surface area (Å²) >= 11 is 0. The van der Waals surface area contributed by atoms with Crippen molar-refractivity contribution in [2.75, 3.05) is 0 Å². The first-order chi connectivity index (χ1) is 8.86. The Hall–Kier alpha value is -1.55. The molecule has 1 aromatic carbocycles. The number of rotatable bonds is 7. The molecular weight excluding hydrogens is 244 g/mol. The molecule has 0 radical (unpaired) electrons. The zero-order valence-corrected chi connectivity index (χ0v) is 11.5. The summed E-state index contributed by atoms with van der Waals surface area (Å²) in [5.41, 5.74) is -0.251. The molecule has 0 aliphatic heterocycles. The lowest BCUT2D eigenvalue weighted by Gasteiger charge is -2.30. The Balaban J connectivity index is 2.67. The number of aryl methyl sites for hydroxylation is 1. The van der Waals surface area contributed by atoms with Crippen molar-refractivity contribution in [3.63, 3.8) is 0 Å². The Bertz CT molecular complexity index is 409. The van der Waals surface area contributed by atoms with Crippen LogP contribution in [0.15, 0.2) is 24.3 Å². The molecule has 2 unspecified atom stereocenters. The highest BCUT2D eigenvalue weighted by Crippen LogP contribution is 2.27. The Morgan fingerprint density at radius 3 is 2.37 bits per heavy atom. The van der Waals surface area contributed by atoms with E-state index in [1.807, 2.05) is 6.92 Å². The summed E-state index contributed by atoms with van der Waals surface area (Å²) in [4.78, 5) is 11.2. The fourth-order valence-electron chi connectivity index (χ4n) is 2.22. The van der Waals surface area contributed by atoms with E-state index in [0.717, 1.165) is 12.0 Å². The van der Waals surface area contributed by atoms with E-state index < -0.39 is 17.5 Å². The molecule has 106 valence electrons. The van der Waals surface area contributed by atoms with Crippen LogP contribution in [0.5, 0.6) is 5.75 Å². The number of hydrogen-bond acceptors (Lipinski definition) is 3. The highest BCUT2D eigenvalue weighted by Gasteiger charge is 2.36. The lowest BCUT2D eigenvalue weighted by atomic mass is 9.81. The molecule has 4 heteroatoms. The standard InChI is InChI=1S/C15H22O4/c1-3-4-13(14(17)18)15(2,19)10-9-11-5-7-12(16)8-6-11/h5-8,13,16,19H,3-4,9-10H2,1-2H3,(H,17,18). The predicted molar refractivity (Wildman–Crippen MR) is 73.1 cm³/mol. The van der Waals surface area contributed by atoms with E-state index in [0.29, 0.717) is 19.3 Å². The Morgan fingerprint density at radius 1 is 1.32 bits per heavy atom. The van der Waals surface area contributed by atoms with E-state index in [4.69, 9.17) is 0 Å². The summed E-state index contributed by atoms with van der Waals surface area (Å²) in [6.07, 6.45) is 2.17. The van der Waals surface area contributed by atoms with Gasteiger partial charge in [0.05, 0.1) is 11.5 Å². The molecule has 0 aromatic heterocycles. The molecule has 1 rings (SSSR count). The summed E-state index contributed by atoms with van der Waals surface area (Å²) in [6.45, 7) is 3.49. The van der Waals surface area contributed by atoms with Crippen molar-refractivity contribution < 1.29 is 20.1 Å². The van der Waals surface area contributed by atoms with Crippen molar-refractivity contribution in [2.45, 2.75) is 45.1 Å². The van der Waals surface area contributed by atoms with E-state index in [1.54, 1.807) is 31.2 Å². The van der Waals surface area contributed by atoms with E-state index in [2.05, 4.69) is 0 Å². The molecule has 0 aliphatic rings. The summed E-state index contributed by atoms with van der Waals surface area (Å²) in [6, 6.07) is 6.73. The van der Waals surface area contributed by atoms with Gasteiger partial charge >= 0.3 is 5.97 Å². The van der Waals surface area contributed by atoms with Crippen LogP contribution in [0.4, 0.5) is 0 Å². The summed E-state index contributed by atoms with van der Waals surface area (Å²) in [7, 11) is 0. The molecule has 0 amide bonds. The first kappa shape index (κ1) is 15.5. The lowest BCUT2D eigenvalue weighted by Crippen LogP contribution is -2.40. The van der Waals surface area contributed by atoms with Crippen LogP contribution in [0, 0.1) is 5.92 Å². The molecule has 0 heterocycles. The van der Waals surface area contributed by atoms with Crippen molar-refractivity contribution in [1.82, 2.24) is 0 Å². The van der Waals surface area contributed by atoms with Gasteiger partial charge in [0, 0.05) is 0 Å². The molecule has 19 heavy (non-hydrogen) atoms. The second-order valence-corrected chi connectivity index (χ2v) is 5.20. The highest BCUT2D eigenvalue weighted by atomic mass is 16.4. The molecule has 3 N–H and O–H groups in total. The predicted octanol–water partition coefficient (Wildman–Crippen LogP) is 2.58. The van der Waals surface area contributed by atoms with Gasteiger partial charge in [-0.2, -0.15) is 0 Å². The second kappa shape index (κ2) is 6.57. The van der Waals surface area contributed by atoms with Crippen LogP contribution < -0.4 is 0 Å². The number of phenols is 1. The minimum Gasteiger partial charge on any atom is -0.508 e. The largest absolute Gasteiger partial charge is 0.508 e. The zero-order chi connectivity index (χ0) is 14.5. The van der Waals surface area contributed by atoms with Gasteiger partial charge in [0.2, 0.25) is 0 Å². The third-order valence-electron chi connectivity index (χ3n) is 3.48. The molecule has 0 saturated carbocycles. The van der Waals surface area contributed by atoms with E-state index in [-0.39, 0.29) is 5.75 Å². The van der Waals surface area contributed by atoms with Gasteiger partial charge in [0.15, 0.2) is 0 Å². The van der Waals surface area contributed by atoms with Gasteiger partial charge in [0.25, 0.3) is 0 Å². The number of aromatic hydroxyl groups is 1. The SMILES string of the molecule is CCCC(C(=O)O)C(C)(O)CCc1ccc(O)cc1. The van der Waals surface area contributed by atoms with Gasteiger partial charge in [-0.05, 0) is 43.9 Å². The summed E-state index contributed by atoms with van der Waals surface area (Å²) < 4.78 is 0. The van der Waals surface area contributed by atoms with Gasteiger partial charge in [-0.3, -0.25) is 4.79 Å². The Labute approximate surface area is 113 Å². The van der Waals surface area contributed by atoms with Crippen molar-refractivity contribution in [3.8, 4) is 5.75 Å². The van der Waals surface area contributed by atoms with Crippen molar-refractivity contribution >= 4 is 5.97 Å². The van der Waals surface area contributed by atoms with Crippen LogP contribution >= 0.6 is 0 Å². The molecule has 0 fully saturated rings. The number of carboxylic acid groups (broad SMARTS) is 1. The van der Waals surface area contributed by atoms with E-state index >= 15 is 0 Å². The summed E-state index contributed by atoms with van der Waals surface area (Å²) in [5, 5.41) is 28.7. The molecule has 2 atom stereocenters. The van der Waals surface area contributed by atoms with Crippen molar-refractivity contribution in [3.05, 3.63) is 29.8 Å². The molecule has 0 spiro atoms. The normalized spacial score (nSPS) is 15.7. The molecule has 1 aromatic rings. The maximum Gasteiger partial charge on any atom is 0.309 e. The first-order valence-electron chi connectivity index (χ1n) is 6.60. The lowest BCUT2D eigenvalue weighted by molar-refractivity contribution is -0.152. The Morgan fingerprint density at radius 2 is 1.89 bits per heavy atom. The smallest absolute Gasteiger partial charge is 0.309 e. The van der Waals surface area contributed by atoms with Gasteiger partial charge < -0.3 is 15.3 Å². The van der Waals surface area contributed by atoms with Gasteiger partial charge in [-0.15, -0.1) is 0 Å². The fraction of sp³-hybridized carbons (Fsp3) is 0.533. The van der Waals surface area contributed by atoms with Crippen LogP contribution in [0.1, 0.15) is 38.7 Å². The quantitative estimate of drug-likeness (QED) is 0.709. The van der Waals surface area contributed by atoms with Crippen LogP contribution in [0.2, 0.25) is 0 Å². The number of benzene rings is 1. The number of hydrogen-bond donors (Lipinski definition) is 3. The minimum absolute atomic E-state index is 0.199. The maximum absolute atomic E-state index is 11.2. The van der Waals surface area contributed by atoms with Crippen LogP contribution in [-0.2, 0) is 11.2 Å². The maximum atomic E-state index is 11.2. The van der Waals surface area contributed by atoms with Crippen molar-refractivity contribution in [1.29, 1.82) is 0 Å². The summed E-state index contributed by atoms with van der Waals surface area (Å²) in [5.74, 6) is -1.49. The average molecular weight is 266 g/mol. The molecule has 0 bridgehead atoms. The first-order valence-corrected chi connectivity index (χ1v) is 6.60. The molecule has 0 aliphatic carbocycles. The molecule has 0 saturated heterocycles. The second-order valence-electron chi connectivity index (χ2n) is 5.20. The van der Waals surface area contributed by atoms with Crippen LogP contribution in [0.25, 0.3) is 0 Å². The number of aliphatic hydroxyl groups is 1. The third-order valence-corrected chi connectivity index (χ3v) is 3.48. The van der Waals surface area contributed by atoms with E-state index in [1.165, 1.54) is 0 Å². The molecule has 4 nitrogen and oxygen atoms in total. The van der Waals surface area contributed by atoms with Crippen molar-refractivity contribution in [2.24, 2.45) is 5.92 Å². The number of aliphatic carboxylic acids is 1. The average Bonchev–Trinajstić information content (AvgIpc) is 2.34. The topological polar surface area (TPSA) is 77.8 Å². The van der Waals surface area contributed by atoms with Crippen LogP contribution in [0.3, 0.4) is 0 Å².